The van der Waals surface area contributed by atoms with Crippen LogP contribution in [0, 0.1) is 0 Å². The molecule has 1 atom stereocenters. The first-order valence-electron chi connectivity index (χ1n) is 4.18. The summed E-state index contributed by atoms with van der Waals surface area (Å²) in [6, 6.07) is 0. The van der Waals surface area contributed by atoms with E-state index < -0.39 is 0 Å². The minimum atomic E-state index is 0.494. The van der Waals surface area contributed by atoms with Gasteiger partial charge in [-0.1, -0.05) is 20.3 Å². The van der Waals surface area contributed by atoms with E-state index >= 15 is 0 Å². The molecule has 1 unspecified atom stereocenters. The van der Waals surface area contributed by atoms with Crippen molar-refractivity contribution in [2.75, 3.05) is 0 Å². The molecule has 3 heteroatoms. The zero-order chi connectivity index (χ0) is 8.97. The van der Waals surface area contributed by atoms with E-state index in [-0.39, 0.29) is 0 Å². The first kappa shape index (κ1) is 9.39. The van der Waals surface area contributed by atoms with E-state index in [4.69, 9.17) is 0 Å². The third-order valence-electron chi connectivity index (χ3n) is 1.80. The summed E-state index contributed by atoms with van der Waals surface area (Å²) < 4.78 is 0. The molecule has 0 aliphatic heterocycles. The molecule has 0 amide bonds. The number of thiazole rings is 1. The summed E-state index contributed by atoms with van der Waals surface area (Å²) in [7, 11) is 0. The zero-order valence-corrected chi connectivity index (χ0v) is 8.23. The minimum absolute atomic E-state index is 0.494. The van der Waals surface area contributed by atoms with E-state index in [0.717, 1.165) is 24.1 Å². The average molecular weight is 183 g/mol. The molecule has 0 aliphatic carbocycles. The summed E-state index contributed by atoms with van der Waals surface area (Å²) in [5.41, 5.74) is 0.568. The summed E-state index contributed by atoms with van der Waals surface area (Å²) in [5, 5.41) is 2.90. The average Bonchev–Trinajstić information content (AvgIpc) is 2.52. The lowest BCUT2D eigenvalue weighted by molar-refractivity contribution is 0.111. The SMILES string of the molecule is CCCC(C)c1nc(C=O)cs1. The van der Waals surface area contributed by atoms with Crippen LogP contribution in [-0.2, 0) is 0 Å². The van der Waals surface area contributed by atoms with Gasteiger partial charge in [0.15, 0.2) is 6.29 Å². The molecule has 1 rings (SSSR count). The molecule has 0 N–H and O–H groups in total. The van der Waals surface area contributed by atoms with Crippen molar-refractivity contribution in [2.24, 2.45) is 0 Å². The fraction of sp³-hybridized carbons (Fsp3) is 0.556. The van der Waals surface area contributed by atoms with E-state index in [0.29, 0.717) is 11.6 Å². The van der Waals surface area contributed by atoms with Crippen molar-refractivity contribution in [1.82, 2.24) is 4.98 Å². The highest BCUT2D eigenvalue weighted by Crippen LogP contribution is 2.23. The minimum Gasteiger partial charge on any atom is -0.296 e. The van der Waals surface area contributed by atoms with Crippen molar-refractivity contribution in [3.63, 3.8) is 0 Å². The fourth-order valence-electron chi connectivity index (χ4n) is 1.14. The van der Waals surface area contributed by atoms with Gasteiger partial charge in [-0.25, -0.2) is 4.98 Å². The van der Waals surface area contributed by atoms with Gasteiger partial charge >= 0.3 is 0 Å². The summed E-state index contributed by atoms with van der Waals surface area (Å²) in [6.45, 7) is 4.31. The first-order valence-corrected chi connectivity index (χ1v) is 5.06. The predicted octanol–water partition coefficient (Wildman–Crippen LogP) is 2.86. The van der Waals surface area contributed by atoms with Gasteiger partial charge in [0.05, 0.1) is 5.01 Å². The second-order valence-electron chi connectivity index (χ2n) is 2.92. The predicted molar refractivity (Wildman–Crippen MR) is 50.8 cm³/mol. The summed E-state index contributed by atoms with van der Waals surface area (Å²) in [6.07, 6.45) is 3.11. The van der Waals surface area contributed by atoms with Gasteiger partial charge < -0.3 is 0 Å². The Morgan fingerprint density at radius 3 is 3.00 bits per heavy atom. The summed E-state index contributed by atoms with van der Waals surface area (Å²) in [5.74, 6) is 0.494. The number of hydrogen-bond donors (Lipinski definition) is 0. The molecular formula is C9H13NOS. The van der Waals surface area contributed by atoms with Gasteiger partial charge in [0.2, 0.25) is 0 Å². The van der Waals surface area contributed by atoms with Gasteiger partial charge in [-0.15, -0.1) is 11.3 Å². The fourth-order valence-corrected chi connectivity index (χ4v) is 2.00. The van der Waals surface area contributed by atoms with Crippen molar-refractivity contribution in [3.8, 4) is 0 Å². The number of aldehydes is 1. The highest BCUT2D eigenvalue weighted by atomic mass is 32.1. The summed E-state index contributed by atoms with van der Waals surface area (Å²) in [4.78, 5) is 14.5. The molecule has 0 bridgehead atoms. The smallest absolute Gasteiger partial charge is 0.169 e. The molecule has 0 aromatic carbocycles. The third kappa shape index (κ3) is 2.14. The van der Waals surface area contributed by atoms with Crippen molar-refractivity contribution in [3.05, 3.63) is 16.1 Å². The van der Waals surface area contributed by atoms with Gasteiger partial charge in [-0.2, -0.15) is 0 Å². The van der Waals surface area contributed by atoms with Gasteiger partial charge in [-0.05, 0) is 6.42 Å². The van der Waals surface area contributed by atoms with Crippen LogP contribution in [-0.4, -0.2) is 11.3 Å². The van der Waals surface area contributed by atoms with Crippen LogP contribution < -0.4 is 0 Å². The number of aromatic nitrogens is 1. The highest BCUT2D eigenvalue weighted by molar-refractivity contribution is 7.09. The van der Waals surface area contributed by atoms with Crippen molar-refractivity contribution >= 4 is 17.6 Å². The first-order chi connectivity index (χ1) is 5.77. The molecule has 0 spiro atoms. The van der Waals surface area contributed by atoms with Crippen molar-refractivity contribution < 1.29 is 4.79 Å². The molecule has 0 saturated carbocycles. The van der Waals surface area contributed by atoms with E-state index in [9.17, 15) is 4.79 Å². The molecule has 0 radical (unpaired) electrons. The molecule has 12 heavy (non-hydrogen) atoms. The number of nitrogens with zero attached hydrogens (tertiary/aromatic N) is 1. The molecule has 66 valence electrons. The summed E-state index contributed by atoms with van der Waals surface area (Å²) >= 11 is 1.58. The maximum Gasteiger partial charge on any atom is 0.169 e. The van der Waals surface area contributed by atoms with Gasteiger partial charge in [0, 0.05) is 11.3 Å². The molecule has 1 aromatic heterocycles. The van der Waals surface area contributed by atoms with Crippen LogP contribution >= 0.6 is 11.3 Å². The Kier molecular flexibility index (Phi) is 3.41. The second-order valence-corrected chi connectivity index (χ2v) is 3.81. The monoisotopic (exact) mass is 183 g/mol. The van der Waals surface area contributed by atoms with Crippen LogP contribution in [0.1, 0.15) is 48.1 Å². The number of carbonyl (C=O) groups is 1. The number of hydrogen-bond acceptors (Lipinski definition) is 3. The van der Waals surface area contributed by atoms with Gasteiger partial charge in [-0.3, -0.25) is 4.79 Å². The lowest BCUT2D eigenvalue weighted by Gasteiger charge is -2.03. The Bertz CT molecular complexity index is 257. The van der Waals surface area contributed by atoms with Crippen molar-refractivity contribution in [1.29, 1.82) is 0 Å². The Balaban J connectivity index is 2.67. The van der Waals surface area contributed by atoms with E-state index in [1.165, 1.54) is 0 Å². The Labute approximate surface area is 76.6 Å². The van der Waals surface area contributed by atoms with Gasteiger partial charge in [0.25, 0.3) is 0 Å². The molecule has 0 fully saturated rings. The quantitative estimate of drug-likeness (QED) is 0.672. The number of rotatable bonds is 4. The van der Waals surface area contributed by atoms with Crippen LogP contribution in [0.4, 0.5) is 0 Å². The molecular weight excluding hydrogens is 170 g/mol. The second kappa shape index (κ2) is 4.36. The largest absolute Gasteiger partial charge is 0.296 e. The van der Waals surface area contributed by atoms with E-state index in [1.807, 2.05) is 5.38 Å². The third-order valence-corrected chi connectivity index (χ3v) is 2.90. The van der Waals surface area contributed by atoms with Crippen LogP contribution in [0.3, 0.4) is 0 Å². The number of carbonyl (C=O) groups excluding carboxylic acids is 1. The molecule has 0 saturated heterocycles. The highest BCUT2D eigenvalue weighted by Gasteiger charge is 2.08. The van der Waals surface area contributed by atoms with Crippen LogP contribution in [0.25, 0.3) is 0 Å². The Morgan fingerprint density at radius 1 is 1.75 bits per heavy atom. The Hall–Kier alpha value is -0.700. The molecule has 0 aliphatic rings. The zero-order valence-electron chi connectivity index (χ0n) is 7.41. The topological polar surface area (TPSA) is 30.0 Å². The lowest BCUT2D eigenvalue weighted by atomic mass is 10.1. The maximum absolute atomic E-state index is 10.3. The van der Waals surface area contributed by atoms with Crippen LogP contribution in [0.2, 0.25) is 0 Å². The van der Waals surface area contributed by atoms with Crippen molar-refractivity contribution in [2.45, 2.75) is 32.6 Å². The molecule has 2 nitrogen and oxygen atoms in total. The standard InChI is InChI=1S/C9H13NOS/c1-3-4-7(2)9-10-8(5-11)6-12-9/h5-7H,3-4H2,1-2H3. The lowest BCUT2D eigenvalue weighted by Crippen LogP contribution is -1.92. The van der Waals surface area contributed by atoms with E-state index in [1.54, 1.807) is 11.3 Å². The van der Waals surface area contributed by atoms with Gasteiger partial charge in [0.1, 0.15) is 5.69 Å². The van der Waals surface area contributed by atoms with Crippen LogP contribution in [0.5, 0.6) is 0 Å². The Morgan fingerprint density at radius 2 is 2.50 bits per heavy atom. The maximum atomic E-state index is 10.3. The molecule has 1 aromatic rings. The van der Waals surface area contributed by atoms with E-state index in [2.05, 4.69) is 18.8 Å². The molecule has 1 heterocycles. The normalized spacial score (nSPS) is 12.8. The van der Waals surface area contributed by atoms with Crippen LogP contribution in [0.15, 0.2) is 5.38 Å².